The molecule has 0 saturated heterocycles. The van der Waals surface area contributed by atoms with Crippen LogP contribution in [0.25, 0.3) is 11.1 Å². The molecule has 0 amide bonds. The van der Waals surface area contributed by atoms with Crippen molar-refractivity contribution in [1.82, 2.24) is 0 Å². The smallest absolute Gasteiger partial charge is 0.127 e. The molecule has 6 aromatic rings. The minimum atomic E-state index is -1.02. The summed E-state index contributed by atoms with van der Waals surface area (Å²) in [4.78, 5) is 0. The summed E-state index contributed by atoms with van der Waals surface area (Å²) < 4.78 is 13.0. The van der Waals surface area contributed by atoms with Crippen LogP contribution >= 0.6 is 15.8 Å². The lowest BCUT2D eigenvalue weighted by atomic mass is 10.0. The molecule has 4 heteroatoms. The van der Waals surface area contributed by atoms with Crippen LogP contribution in [0.2, 0.25) is 0 Å². The van der Waals surface area contributed by atoms with Gasteiger partial charge in [0.15, 0.2) is 0 Å². The van der Waals surface area contributed by atoms with E-state index in [2.05, 4.69) is 165 Å². The van der Waals surface area contributed by atoms with Gasteiger partial charge in [0.05, 0.1) is 14.2 Å². The van der Waals surface area contributed by atoms with Crippen LogP contribution in [0.3, 0.4) is 0 Å². The first-order valence-corrected chi connectivity index (χ1v) is 24.4. The van der Waals surface area contributed by atoms with Gasteiger partial charge in [0, 0.05) is 11.1 Å². The maximum absolute atomic E-state index is 6.50. The number of hydrogen-bond acceptors (Lipinski definition) is 2. The predicted octanol–water partition coefficient (Wildman–Crippen LogP) is 11.4. The van der Waals surface area contributed by atoms with E-state index < -0.39 is 15.8 Å². The molecule has 0 unspecified atom stereocenters. The standard InChI is InChI=1S/C54H64O2P2/c1-11-37-25-38(12-2)30-45(29-37)57(46-31-39(13-3)26-40(14-4)32-46)51-23-19-21-49(55-9)53(51)54-50(56-10)22-20-24-52(54)58(47-33-41(15-5)27-42(16-6)34-47)48-35-43(17-7)28-44(18-8)36-48/h19-36H,11-18H2,1-10H3. The monoisotopic (exact) mass is 806 g/mol. The van der Waals surface area contributed by atoms with Crippen molar-refractivity contribution < 1.29 is 9.47 Å². The van der Waals surface area contributed by atoms with Crippen molar-refractivity contribution in [3.63, 3.8) is 0 Å². The van der Waals surface area contributed by atoms with E-state index in [1.165, 1.54) is 76.3 Å². The normalized spacial score (nSPS) is 11.4. The molecule has 0 aromatic heterocycles. The molecule has 0 saturated carbocycles. The Balaban J connectivity index is 1.78. The lowest BCUT2D eigenvalue weighted by Crippen LogP contribution is -2.27. The quantitative estimate of drug-likeness (QED) is 0.0855. The van der Waals surface area contributed by atoms with Gasteiger partial charge in [-0.2, -0.15) is 0 Å². The zero-order valence-corrected chi connectivity index (χ0v) is 38.5. The Morgan fingerprint density at radius 1 is 0.328 bits per heavy atom. The largest absolute Gasteiger partial charge is 0.496 e. The van der Waals surface area contributed by atoms with Gasteiger partial charge in [-0.3, -0.25) is 0 Å². The molecule has 58 heavy (non-hydrogen) atoms. The summed E-state index contributed by atoms with van der Waals surface area (Å²) in [6, 6.07) is 43.0. The zero-order valence-electron chi connectivity index (χ0n) is 36.8. The summed E-state index contributed by atoms with van der Waals surface area (Å²) in [5, 5.41) is 8.16. The highest BCUT2D eigenvalue weighted by molar-refractivity contribution is 7.80. The van der Waals surface area contributed by atoms with Crippen molar-refractivity contribution in [2.24, 2.45) is 0 Å². The number of aryl methyl sites for hydroxylation is 8. The number of benzene rings is 6. The summed E-state index contributed by atoms with van der Waals surface area (Å²) in [6.07, 6.45) is 7.99. The van der Waals surface area contributed by atoms with E-state index in [0.717, 1.165) is 74.0 Å². The SMILES string of the molecule is CCc1cc(CC)cc(P(c2cc(CC)cc(CC)c2)c2cccc(OC)c2-c2c(OC)cccc2P(c2cc(CC)cc(CC)c2)c2cc(CC)cc(CC)c2)c1. The Morgan fingerprint density at radius 2 is 0.552 bits per heavy atom. The van der Waals surface area contributed by atoms with Gasteiger partial charge in [0.25, 0.3) is 0 Å². The number of ether oxygens (including phenoxy) is 2. The van der Waals surface area contributed by atoms with E-state index >= 15 is 0 Å². The second kappa shape index (κ2) is 20.2. The highest BCUT2D eigenvalue weighted by atomic mass is 31.1. The Morgan fingerprint density at radius 3 is 0.741 bits per heavy atom. The molecule has 0 atom stereocenters. The van der Waals surface area contributed by atoms with Gasteiger partial charge in [0.2, 0.25) is 0 Å². The summed E-state index contributed by atoms with van der Waals surface area (Å²) in [5.41, 5.74) is 13.4. The summed E-state index contributed by atoms with van der Waals surface area (Å²) in [6.45, 7) is 18.2. The van der Waals surface area contributed by atoms with E-state index in [4.69, 9.17) is 9.47 Å². The fourth-order valence-corrected chi connectivity index (χ4v) is 13.7. The maximum atomic E-state index is 6.50. The molecule has 0 heterocycles. The average Bonchev–Trinajstić information content (AvgIpc) is 3.28. The fraction of sp³-hybridized carbons (Fsp3) is 0.333. The van der Waals surface area contributed by atoms with Crippen LogP contribution in [0.4, 0.5) is 0 Å². The van der Waals surface area contributed by atoms with Gasteiger partial charge in [0.1, 0.15) is 11.5 Å². The zero-order chi connectivity index (χ0) is 41.3. The highest BCUT2D eigenvalue weighted by Gasteiger charge is 2.31. The van der Waals surface area contributed by atoms with Gasteiger partial charge in [-0.15, -0.1) is 0 Å². The van der Waals surface area contributed by atoms with Gasteiger partial charge < -0.3 is 9.47 Å². The lowest BCUT2D eigenvalue weighted by molar-refractivity contribution is 0.411. The average molecular weight is 807 g/mol. The molecule has 0 radical (unpaired) electrons. The second-order valence-electron chi connectivity index (χ2n) is 15.2. The van der Waals surface area contributed by atoms with Gasteiger partial charge in [-0.1, -0.05) is 152 Å². The summed E-state index contributed by atoms with van der Waals surface area (Å²) in [7, 11) is 1.63. The predicted molar refractivity (Wildman–Crippen MR) is 257 cm³/mol. The highest BCUT2D eigenvalue weighted by Crippen LogP contribution is 2.47. The Kier molecular flexibility index (Phi) is 15.1. The van der Waals surface area contributed by atoms with Crippen LogP contribution < -0.4 is 41.3 Å². The molecule has 6 aromatic carbocycles. The van der Waals surface area contributed by atoms with Crippen LogP contribution in [0, 0.1) is 0 Å². The molecule has 6 rings (SSSR count). The molecule has 0 fully saturated rings. The van der Waals surface area contributed by atoms with Crippen molar-refractivity contribution in [2.75, 3.05) is 14.2 Å². The third-order valence-corrected chi connectivity index (χ3v) is 16.4. The van der Waals surface area contributed by atoms with E-state index in [0.29, 0.717) is 0 Å². The van der Waals surface area contributed by atoms with Crippen molar-refractivity contribution in [2.45, 2.75) is 107 Å². The minimum Gasteiger partial charge on any atom is -0.496 e. The summed E-state index contributed by atoms with van der Waals surface area (Å²) in [5.74, 6) is 1.76. The molecule has 0 aliphatic rings. The van der Waals surface area contributed by atoms with E-state index in [9.17, 15) is 0 Å². The first-order chi connectivity index (χ1) is 28.3. The molecule has 0 aliphatic heterocycles. The third kappa shape index (κ3) is 9.31. The number of methoxy groups -OCH3 is 2. The van der Waals surface area contributed by atoms with Crippen molar-refractivity contribution in [1.29, 1.82) is 0 Å². The first kappa shape index (κ1) is 43.4. The second-order valence-corrected chi connectivity index (χ2v) is 19.6. The van der Waals surface area contributed by atoms with Crippen LogP contribution in [-0.4, -0.2) is 14.2 Å². The molecule has 0 spiro atoms. The molecule has 0 aliphatic carbocycles. The van der Waals surface area contributed by atoms with Crippen LogP contribution in [-0.2, 0) is 51.4 Å². The van der Waals surface area contributed by atoms with Gasteiger partial charge in [-0.05, 0) is 156 Å². The summed E-state index contributed by atoms with van der Waals surface area (Å²) >= 11 is 0. The third-order valence-electron chi connectivity index (χ3n) is 11.6. The maximum Gasteiger partial charge on any atom is 0.127 e. The minimum absolute atomic E-state index is 0.878. The van der Waals surface area contributed by atoms with E-state index in [-0.39, 0.29) is 0 Å². The lowest BCUT2D eigenvalue weighted by Gasteiger charge is -2.29. The van der Waals surface area contributed by atoms with E-state index in [1.54, 1.807) is 0 Å². The topological polar surface area (TPSA) is 18.5 Å². The Bertz CT molecular complexity index is 1980. The number of hydrogen-bond donors (Lipinski definition) is 0. The van der Waals surface area contributed by atoms with Crippen molar-refractivity contribution in [3.8, 4) is 22.6 Å². The Labute approximate surface area is 353 Å². The molecular weight excluding hydrogens is 743 g/mol. The molecule has 2 nitrogen and oxygen atoms in total. The van der Waals surface area contributed by atoms with Crippen LogP contribution in [0.15, 0.2) is 109 Å². The number of rotatable bonds is 17. The van der Waals surface area contributed by atoms with Gasteiger partial charge in [-0.25, -0.2) is 0 Å². The van der Waals surface area contributed by atoms with Crippen molar-refractivity contribution in [3.05, 3.63) is 154 Å². The van der Waals surface area contributed by atoms with Gasteiger partial charge >= 0.3 is 0 Å². The van der Waals surface area contributed by atoms with Crippen LogP contribution in [0.1, 0.15) is 99.9 Å². The molecule has 0 bridgehead atoms. The molecule has 0 N–H and O–H groups in total. The van der Waals surface area contributed by atoms with Crippen LogP contribution in [0.5, 0.6) is 11.5 Å². The molecular formula is C54H64O2P2. The first-order valence-electron chi connectivity index (χ1n) is 21.7. The van der Waals surface area contributed by atoms with E-state index in [1.807, 2.05) is 14.2 Å². The Hall–Kier alpha value is -4.22. The molecule has 302 valence electrons. The van der Waals surface area contributed by atoms with Crippen molar-refractivity contribution >= 4 is 47.7 Å². The fourth-order valence-electron chi connectivity index (χ4n) is 8.23.